The molecule has 0 N–H and O–H groups in total. The van der Waals surface area contributed by atoms with E-state index in [2.05, 4.69) is 103 Å². The highest BCUT2D eigenvalue weighted by Gasteiger charge is 2.12. The lowest BCUT2D eigenvalue weighted by Gasteiger charge is -2.15. The maximum absolute atomic E-state index is 11.7. The van der Waals surface area contributed by atoms with E-state index in [1.54, 1.807) is 6.92 Å². The van der Waals surface area contributed by atoms with Gasteiger partial charge in [0.1, 0.15) is 0 Å². The summed E-state index contributed by atoms with van der Waals surface area (Å²) in [5.41, 5.74) is 8.27. The Balaban J connectivity index is 1.65. The third-order valence-corrected chi connectivity index (χ3v) is 6.29. The van der Waals surface area contributed by atoms with Crippen LogP contribution in [0.1, 0.15) is 28.4 Å². The smallest absolute Gasteiger partial charge is 0.159 e. The Hall–Kier alpha value is -3.97. The Labute approximate surface area is 195 Å². The number of carbonyl (C=O) groups is 1. The zero-order valence-corrected chi connectivity index (χ0v) is 18.8. The third-order valence-electron chi connectivity index (χ3n) is 6.29. The molecular weight excluding hydrogens is 400 g/mol. The van der Waals surface area contributed by atoms with Gasteiger partial charge in [-0.15, -0.1) is 0 Å². The van der Waals surface area contributed by atoms with Gasteiger partial charge in [-0.05, 0) is 70.0 Å². The molecule has 0 saturated heterocycles. The molecule has 5 aromatic rings. The molecule has 0 heterocycles. The second-order valence-electron chi connectivity index (χ2n) is 8.52. The predicted molar refractivity (Wildman–Crippen MR) is 139 cm³/mol. The number of benzene rings is 5. The fraction of sp³-hybridized carbons (Fsp3) is 0.0938. The molecular formula is C32H26O. The van der Waals surface area contributed by atoms with Crippen LogP contribution in [0.3, 0.4) is 0 Å². The highest BCUT2D eigenvalue weighted by molar-refractivity contribution is 6.01. The Morgan fingerprint density at radius 3 is 2.00 bits per heavy atom. The molecule has 33 heavy (non-hydrogen) atoms. The van der Waals surface area contributed by atoms with E-state index in [-0.39, 0.29) is 5.78 Å². The number of rotatable bonds is 6. The maximum Gasteiger partial charge on any atom is 0.159 e. The number of fused-ring (bicyclic) bond motifs is 1. The molecule has 0 aromatic heterocycles. The normalized spacial score (nSPS) is 10.9. The quantitative estimate of drug-likeness (QED) is 0.250. The molecule has 0 radical (unpaired) electrons. The molecule has 5 aromatic carbocycles. The van der Waals surface area contributed by atoms with Crippen molar-refractivity contribution in [1.29, 1.82) is 0 Å². The highest BCUT2D eigenvalue weighted by atomic mass is 16.1. The van der Waals surface area contributed by atoms with Crippen LogP contribution in [0.4, 0.5) is 0 Å². The summed E-state index contributed by atoms with van der Waals surface area (Å²) in [6, 6.07) is 40.5. The average molecular weight is 427 g/mol. The minimum Gasteiger partial charge on any atom is -0.295 e. The molecule has 0 aliphatic rings. The topological polar surface area (TPSA) is 17.1 Å². The van der Waals surface area contributed by atoms with Crippen LogP contribution in [0.25, 0.3) is 33.0 Å². The largest absolute Gasteiger partial charge is 0.295 e. The molecule has 0 unspecified atom stereocenters. The van der Waals surface area contributed by atoms with Crippen molar-refractivity contribution in [3.63, 3.8) is 0 Å². The number of ketones is 1. The lowest BCUT2D eigenvalue weighted by Crippen LogP contribution is -1.96. The second kappa shape index (κ2) is 9.26. The van der Waals surface area contributed by atoms with Crippen molar-refractivity contribution in [3.05, 3.63) is 132 Å². The summed E-state index contributed by atoms with van der Waals surface area (Å²) in [5, 5.41) is 2.57. The summed E-state index contributed by atoms with van der Waals surface area (Å²) in [6.07, 6.45) is 1.95. The van der Waals surface area contributed by atoms with Crippen LogP contribution in [-0.4, -0.2) is 5.78 Å². The average Bonchev–Trinajstić information content (AvgIpc) is 2.88. The number of Topliss-reactive ketones (excluding diaryl/α,β-unsaturated/α-hetero) is 1. The number of hydrogen-bond donors (Lipinski definition) is 0. The summed E-state index contributed by atoms with van der Waals surface area (Å²) < 4.78 is 0. The van der Waals surface area contributed by atoms with Crippen LogP contribution in [0.15, 0.2) is 115 Å². The molecule has 160 valence electrons. The first-order chi connectivity index (χ1) is 16.2. The van der Waals surface area contributed by atoms with E-state index in [0.29, 0.717) is 0 Å². The van der Waals surface area contributed by atoms with E-state index in [1.807, 2.05) is 12.1 Å². The van der Waals surface area contributed by atoms with Gasteiger partial charge in [0.25, 0.3) is 0 Å². The molecule has 1 nitrogen and oxygen atoms in total. The minimum atomic E-state index is 0.0936. The van der Waals surface area contributed by atoms with Gasteiger partial charge in [-0.3, -0.25) is 4.79 Å². The Bertz CT molecular complexity index is 1400. The van der Waals surface area contributed by atoms with Crippen molar-refractivity contribution in [2.75, 3.05) is 0 Å². The van der Waals surface area contributed by atoms with Crippen LogP contribution in [-0.2, 0) is 12.8 Å². The number of aryl methyl sites for hydroxylation is 2. The van der Waals surface area contributed by atoms with Crippen molar-refractivity contribution >= 4 is 16.6 Å². The number of hydrogen-bond acceptors (Lipinski definition) is 1. The van der Waals surface area contributed by atoms with E-state index in [4.69, 9.17) is 0 Å². The minimum absolute atomic E-state index is 0.0936. The zero-order chi connectivity index (χ0) is 22.6. The van der Waals surface area contributed by atoms with E-state index in [0.717, 1.165) is 24.0 Å². The third kappa shape index (κ3) is 4.49. The molecule has 0 aliphatic carbocycles. The van der Waals surface area contributed by atoms with Gasteiger partial charge in [0.15, 0.2) is 5.78 Å². The van der Waals surface area contributed by atoms with Gasteiger partial charge in [-0.1, -0.05) is 109 Å². The summed E-state index contributed by atoms with van der Waals surface area (Å²) in [6.45, 7) is 1.61. The number of carbonyl (C=O) groups excluding carboxylic acids is 1. The fourth-order valence-corrected chi connectivity index (χ4v) is 4.56. The highest BCUT2D eigenvalue weighted by Crippen LogP contribution is 2.35. The predicted octanol–water partition coefficient (Wildman–Crippen LogP) is 8.16. The summed E-state index contributed by atoms with van der Waals surface area (Å²) in [4.78, 5) is 11.7. The first-order valence-electron chi connectivity index (χ1n) is 11.5. The van der Waals surface area contributed by atoms with E-state index >= 15 is 0 Å². The first kappa shape index (κ1) is 20.9. The van der Waals surface area contributed by atoms with Crippen LogP contribution >= 0.6 is 0 Å². The SMILES string of the molecule is CC(=O)c1ccc(-c2cc(CCc3ccccc3)c3c(-c4ccccc4)cccc3c2)cc1. The lowest BCUT2D eigenvalue weighted by atomic mass is 9.89. The van der Waals surface area contributed by atoms with Gasteiger partial charge in [-0.25, -0.2) is 0 Å². The summed E-state index contributed by atoms with van der Waals surface area (Å²) >= 11 is 0. The van der Waals surface area contributed by atoms with Gasteiger partial charge in [0, 0.05) is 5.56 Å². The standard InChI is InChI=1S/C32H26O/c1-23(33)25-17-19-26(20-18-25)30-21-28-13-8-14-31(27-11-6-3-7-12-27)32(28)29(22-30)16-15-24-9-4-2-5-10-24/h2-14,17-22H,15-16H2,1H3. The van der Waals surface area contributed by atoms with Crippen LogP contribution < -0.4 is 0 Å². The molecule has 0 atom stereocenters. The van der Waals surface area contributed by atoms with E-state index in [1.165, 1.54) is 38.6 Å². The molecule has 1 heteroatoms. The Morgan fingerprint density at radius 1 is 0.606 bits per heavy atom. The van der Waals surface area contributed by atoms with Gasteiger partial charge in [-0.2, -0.15) is 0 Å². The molecule has 0 aliphatic heterocycles. The van der Waals surface area contributed by atoms with E-state index in [9.17, 15) is 4.79 Å². The van der Waals surface area contributed by atoms with Gasteiger partial charge in [0.05, 0.1) is 0 Å². The monoisotopic (exact) mass is 426 g/mol. The van der Waals surface area contributed by atoms with Gasteiger partial charge in [0.2, 0.25) is 0 Å². The summed E-state index contributed by atoms with van der Waals surface area (Å²) in [7, 11) is 0. The fourth-order valence-electron chi connectivity index (χ4n) is 4.56. The first-order valence-corrected chi connectivity index (χ1v) is 11.5. The second-order valence-corrected chi connectivity index (χ2v) is 8.52. The van der Waals surface area contributed by atoms with Crippen LogP contribution in [0.2, 0.25) is 0 Å². The molecule has 0 spiro atoms. The van der Waals surface area contributed by atoms with Crippen molar-refractivity contribution < 1.29 is 4.79 Å². The Morgan fingerprint density at radius 2 is 1.30 bits per heavy atom. The zero-order valence-electron chi connectivity index (χ0n) is 18.8. The van der Waals surface area contributed by atoms with Crippen LogP contribution in [0.5, 0.6) is 0 Å². The molecule has 0 saturated carbocycles. The summed E-state index contributed by atoms with van der Waals surface area (Å²) in [5.74, 6) is 0.0936. The van der Waals surface area contributed by atoms with Crippen molar-refractivity contribution in [2.45, 2.75) is 19.8 Å². The van der Waals surface area contributed by atoms with E-state index < -0.39 is 0 Å². The molecule has 0 fully saturated rings. The molecule has 5 rings (SSSR count). The van der Waals surface area contributed by atoms with Crippen molar-refractivity contribution in [2.24, 2.45) is 0 Å². The maximum atomic E-state index is 11.7. The Kier molecular flexibility index (Phi) is 5.87. The van der Waals surface area contributed by atoms with Gasteiger partial charge < -0.3 is 0 Å². The van der Waals surface area contributed by atoms with Crippen LogP contribution in [0, 0.1) is 0 Å². The molecule has 0 amide bonds. The van der Waals surface area contributed by atoms with Gasteiger partial charge >= 0.3 is 0 Å². The lowest BCUT2D eigenvalue weighted by molar-refractivity contribution is 0.101. The van der Waals surface area contributed by atoms with Crippen molar-refractivity contribution in [3.8, 4) is 22.3 Å². The molecule has 0 bridgehead atoms. The van der Waals surface area contributed by atoms with Crippen molar-refractivity contribution in [1.82, 2.24) is 0 Å².